The Morgan fingerprint density at radius 2 is 0.857 bits per heavy atom. The molecule has 0 radical (unpaired) electrons. The summed E-state index contributed by atoms with van der Waals surface area (Å²) in [6.07, 6.45) is 0.462. The van der Waals surface area contributed by atoms with E-state index in [2.05, 4.69) is 109 Å². The molecule has 0 amide bonds. The number of ether oxygens (including phenoxy) is 4. The fraction of sp³-hybridized carbons (Fsp3) is 0.226. The third-order valence-corrected chi connectivity index (χ3v) is 6.66. The van der Waals surface area contributed by atoms with Crippen LogP contribution in [0.25, 0.3) is 0 Å². The standard InChI is InChI=1S/C31H28O4/c1-3-7-23(8-4-1)31(24-9-5-2-6-10-24,25-11-15-27(16-12-25)32-19-29-21-34-29)26-13-17-28(18-14-26)33-20-30-22-35-30/h1-18,29-30H,19-22H2. The zero-order valence-electron chi connectivity index (χ0n) is 19.5. The van der Waals surface area contributed by atoms with E-state index < -0.39 is 5.41 Å². The van der Waals surface area contributed by atoms with Gasteiger partial charge < -0.3 is 18.9 Å². The van der Waals surface area contributed by atoms with Crippen molar-refractivity contribution in [2.75, 3.05) is 26.4 Å². The highest BCUT2D eigenvalue weighted by Crippen LogP contribution is 2.45. The topological polar surface area (TPSA) is 43.5 Å². The van der Waals surface area contributed by atoms with E-state index in [0.29, 0.717) is 13.2 Å². The van der Waals surface area contributed by atoms with Crippen LogP contribution in [0.1, 0.15) is 22.3 Å². The van der Waals surface area contributed by atoms with Crippen molar-refractivity contribution in [1.82, 2.24) is 0 Å². The van der Waals surface area contributed by atoms with E-state index in [1.807, 2.05) is 0 Å². The van der Waals surface area contributed by atoms with Crippen LogP contribution in [0.15, 0.2) is 109 Å². The fourth-order valence-electron chi connectivity index (χ4n) is 4.69. The van der Waals surface area contributed by atoms with E-state index >= 15 is 0 Å². The first-order valence-electron chi connectivity index (χ1n) is 12.1. The summed E-state index contributed by atoms with van der Waals surface area (Å²) in [7, 11) is 0. The van der Waals surface area contributed by atoms with Crippen LogP contribution in [-0.4, -0.2) is 38.6 Å². The zero-order valence-corrected chi connectivity index (χ0v) is 19.5. The van der Waals surface area contributed by atoms with Gasteiger partial charge >= 0.3 is 0 Å². The van der Waals surface area contributed by atoms with E-state index in [9.17, 15) is 0 Å². The van der Waals surface area contributed by atoms with Crippen LogP contribution in [0.4, 0.5) is 0 Å². The first kappa shape index (κ1) is 21.9. The molecule has 0 bridgehead atoms. The molecule has 0 N–H and O–H groups in total. The van der Waals surface area contributed by atoms with Crippen molar-refractivity contribution in [1.29, 1.82) is 0 Å². The lowest BCUT2D eigenvalue weighted by Gasteiger charge is -2.37. The van der Waals surface area contributed by atoms with Crippen LogP contribution < -0.4 is 9.47 Å². The maximum atomic E-state index is 5.93. The van der Waals surface area contributed by atoms with E-state index in [-0.39, 0.29) is 12.2 Å². The largest absolute Gasteiger partial charge is 0.491 e. The normalized spacial score (nSPS) is 18.6. The zero-order chi connectivity index (χ0) is 23.5. The lowest BCUT2D eigenvalue weighted by Crippen LogP contribution is -2.31. The quantitative estimate of drug-likeness (QED) is 0.226. The van der Waals surface area contributed by atoms with E-state index in [1.54, 1.807) is 0 Å². The molecule has 6 rings (SSSR count). The summed E-state index contributed by atoms with van der Waals surface area (Å²) >= 11 is 0. The minimum atomic E-state index is -0.501. The van der Waals surface area contributed by atoms with Crippen molar-refractivity contribution < 1.29 is 18.9 Å². The van der Waals surface area contributed by atoms with Gasteiger partial charge in [-0.2, -0.15) is 0 Å². The fourth-order valence-corrected chi connectivity index (χ4v) is 4.69. The lowest BCUT2D eigenvalue weighted by molar-refractivity contribution is 0.263. The van der Waals surface area contributed by atoms with Crippen LogP contribution in [-0.2, 0) is 14.9 Å². The Bertz CT molecular complexity index is 1130. The average Bonchev–Trinajstić information content (AvgIpc) is 3.85. The summed E-state index contributed by atoms with van der Waals surface area (Å²) < 4.78 is 22.4. The summed E-state index contributed by atoms with van der Waals surface area (Å²) in [5, 5.41) is 0. The van der Waals surface area contributed by atoms with Crippen LogP contribution in [0, 0.1) is 0 Å². The monoisotopic (exact) mass is 464 g/mol. The Balaban J connectivity index is 1.45. The first-order valence-corrected chi connectivity index (χ1v) is 12.1. The Morgan fingerprint density at radius 3 is 1.20 bits per heavy atom. The highest BCUT2D eigenvalue weighted by atomic mass is 16.6. The second-order valence-corrected chi connectivity index (χ2v) is 9.06. The van der Waals surface area contributed by atoms with Gasteiger partial charge in [0.1, 0.15) is 36.9 Å². The Morgan fingerprint density at radius 1 is 0.514 bits per heavy atom. The van der Waals surface area contributed by atoms with Crippen molar-refractivity contribution in [2.45, 2.75) is 17.6 Å². The van der Waals surface area contributed by atoms with Crippen molar-refractivity contribution in [3.63, 3.8) is 0 Å². The van der Waals surface area contributed by atoms with Crippen molar-refractivity contribution in [2.24, 2.45) is 0 Å². The predicted molar refractivity (Wildman–Crippen MR) is 135 cm³/mol. The maximum absolute atomic E-state index is 5.93. The van der Waals surface area contributed by atoms with E-state index in [4.69, 9.17) is 18.9 Å². The van der Waals surface area contributed by atoms with Crippen LogP contribution in [0.5, 0.6) is 11.5 Å². The molecule has 0 aromatic heterocycles. The van der Waals surface area contributed by atoms with Crippen LogP contribution in [0.3, 0.4) is 0 Å². The van der Waals surface area contributed by atoms with Crippen LogP contribution in [0.2, 0.25) is 0 Å². The van der Waals surface area contributed by atoms with E-state index in [0.717, 1.165) is 24.7 Å². The smallest absolute Gasteiger partial charge is 0.119 e. The summed E-state index contributed by atoms with van der Waals surface area (Å²) in [6, 6.07) is 38.3. The number of benzene rings is 4. The Hall–Kier alpha value is -3.60. The van der Waals surface area contributed by atoms with Gasteiger partial charge in [0.25, 0.3) is 0 Å². The number of epoxide rings is 2. The minimum absolute atomic E-state index is 0.231. The molecule has 176 valence electrons. The summed E-state index contributed by atoms with van der Waals surface area (Å²) in [6.45, 7) is 2.76. The van der Waals surface area contributed by atoms with Crippen molar-refractivity contribution >= 4 is 0 Å². The molecule has 2 saturated heterocycles. The predicted octanol–water partition coefficient (Wildman–Crippen LogP) is 5.62. The average molecular weight is 465 g/mol. The molecule has 2 aliphatic rings. The van der Waals surface area contributed by atoms with Gasteiger partial charge in [-0.3, -0.25) is 0 Å². The molecule has 4 nitrogen and oxygen atoms in total. The summed E-state index contributed by atoms with van der Waals surface area (Å²) in [5.41, 5.74) is 4.24. The van der Waals surface area contributed by atoms with Gasteiger partial charge in [-0.05, 0) is 46.5 Å². The SMILES string of the molecule is c1ccc(C(c2ccccc2)(c2ccc(OCC3CO3)cc2)c2ccc(OCC3CO3)cc2)cc1. The molecule has 0 aliphatic carbocycles. The summed E-state index contributed by atoms with van der Waals surface area (Å²) in [5.74, 6) is 1.70. The van der Waals surface area contributed by atoms with Gasteiger partial charge in [0.2, 0.25) is 0 Å². The molecular weight excluding hydrogens is 436 g/mol. The number of hydrogen-bond donors (Lipinski definition) is 0. The molecule has 4 heteroatoms. The van der Waals surface area contributed by atoms with Gasteiger partial charge in [0, 0.05) is 0 Å². The molecule has 4 aromatic rings. The molecule has 2 atom stereocenters. The number of rotatable bonds is 10. The van der Waals surface area contributed by atoms with Gasteiger partial charge in [-0.1, -0.05) is 84.9 Å². The molecule has 4 aromatic carbocycles. The second kappa shape index (κ2) is 9.57. The molecule has 0 spiro atoms. The Labute approximate surface area is 206 Å². The van der Waals surface area contributed by atoms with E-state index in [1.165, 1.54) is 22.3 Å². The molecule has 2 heterocycles. The second-order valence-electron chi connectivity index (χ2n) is 9.06. The van der Waals surface area contributed by atoms with Crippen molar-refractivity contribution in [3.05, 3.63) is 131 Å². The summed E-state index contributed by atoms with van der Waals surface area (Å²) in [4.78, 5) is 0. The molecule has 2 unspecified atom stereocenters. The highest BCUT2D eigenvalue weighted by Gasteiger charge is 2.38. The van der Waals surface area contributed by atoms with Gasteiger partial charge in [-0.25, -0.2) is 0 Å². The van der Waals surface area contributed by atoms with Crippen molar-refractivity contribution in [3.8, 4) is 11.5 Å². The van der Waals surface area contributed by atoms with Gasteiger partial charge in [0.05, 0.1) is 18.6 Å². The highest BCUT2D eigenvalue weighted by molar-refractivity contribution is 5.60. The third kappa shape index (κ3) is 4.68. The lowest BCUT2D eigenvalue weighted by atomic mass is 9.65. The third-order valence-electron chi connectivity index (χ3n) is 6.66. The number of hydrogen-bond acceptors (Lipinski definition) is 4. The molecule has 0 saturated carbocycles. The van der Waals surface area contributed by atoms with Gasteiger partial charge in [0.15, 0.2) is 0 Å². The minimum Gasteiger partial charge on any atom is -0.491 e. The molecule has 2 fully saturated rings. The van der Waals surface area contributed by atoms with Crippen LogP contribution >= 0.6 is 0 Å². The maximum Gasteiger partial charge on any atom is 0.119 e. The molecular formula is C31H28O4. The molecule has 2 aliphatic heterocycles. The molecule has 35 heavy (non-hydrogen) atoms. The van der Waals surface area contributed by atoms with Gasteiger partial charge in [-0.15, -0.1) is 0 Å². The first-order chi connectivity index (χ1) is 17.3. The Kier molecular flexibility index (Phi) is 5.99.